The number of rotatable bonds is 4. The highest BCUT2D eigenvalue weighted by atomic mass is 35.5. The second-order valence-corrected chi connectivity index (χ2v) is 5.99. The molecule has 0 bridgehead atoms. The van der Waals surface area contributed by atoms with E-state index in [0.717, 1.165) is 0 Å². The Kier molecular flexibility index (Phi) is 4.60. The summed E-state index contributed by atoms with van der Waals surface area (Å²) in [5.74, 6) is 0.101. The lowest BCUT2D eigenvalue weighted by Gasteiger charge is -2.08. The molecule has 0 spiro atoms. The zero-order chi connectivity index (χ0) is 17.3. The summed E-state index contributed by atoms with van der Waals surface area (Å²) < 4.78 is 10.8. The monoisotopic (exact) mass is 362 g/mol. The Labute approximate surface area is 147 Å². The van der Waals surface area contributed by atoms with Gasteiger partial charge >= 0.3 is 0 Å². The van der Waals surface area contributed by atoms with E-state index in [0.29, 0.717) is 21.7 Å². The summed E-state index contributed by atoms with van der Waals surface area (Å²) in [6, 6.07) is 11.0. The quantitative estimate of drug-likeness (QED) is 0.639. The van der Waals surface area contributed by atoms with Gasteiger partial charge in [0.25, 0.3) is 0 Å². The van der Waals surface area contributed by atoms with E-state index in [-0.39, 0.29) is 34.0 Å². The molecule has 0 radical (unpaired) electrons. The number of ketones is 1. The van der Waals surface area contributed by atoms with E-state index in [4.69, 9.17) is 32.4 Å². The molecule has 2 aromatic carbocycles. The normalized spacial score (nSPS) is 10.8. The lowest BCUT2D eigenvalue weighted by Crippen LogP contribution is -2.10. The van der Waals surface area contributed by atoms with Gasteiger partial charge in [-0.3, -0.25) is 9.59 Å². The molecule has 3 rings (SSSR count). The van der Waals surface area contributed by atoms with Gasteiger partial charge in [0.1, 0.15) is 5.75 Å². The first-order valence-electron chi connectivity index (χ1n) is 7.07. The molecule has 0 saturated carbocycles. The van der Waals surface area contributed by atoms with Crippen LogP contribution in [0.2, 0.25) is 10.0 Å². The SMILES string of the molecule is COc1cc(Cl)ccc1CC(=O)c1cc(=O)c2cccc(Cl)c2o1. The number of hydrogen-bond donors (Lipinski definition) is 0. The van der Waals surface area contributed by atoms with Gasteiger partial charge < -0.3 is 9.15 Å². The number of methoxy groups -OCH3 is 1. The molecule has 0 fully saturated rings. The third kappa shape index (κ3) is 3.16. The molecule has 1 heterocycles. The Bertz CT molecular complexity index is 992. The van der Waals surface area contributed by atoms with Crippen LogP contribution in [0.25, 0.3) is 11.0 Å². The summed E-state index contributed by atoms with van der Waals surface area (Å²) in [6.07, 6.45) is 0.0131. The van der Waals surface area contributed by atoms with Crippen molar-refractivity contribution >= 4 is 40.0 Å². The fourth-order valence-electron chi connectivity index (χ4n) is 2.40. The van der Waals surface area contributed by atoms with Gasteiger partial charge in [0.05, 0.1) is 17.5 Å². The van der Waals surface area contributed by atoms with Crippen molar-refractivity contribution < 1.29 is 13.9 Å². The van der Waals surface area contributed by atoms with E-state index in [1.807, 2.05) is 0 Å². The van der Waals surface area contributed by atoms with E-state index in [1.54, 1.807) is 36.4 Å². The van der Waals surface area contributed by atoms with Crippen LogP contribution in [0, 0.1) is 0 Å². The highest BCUT2D eigenvalue weighted by molar-refractivity contribution is 6.34. The molecule has 0 N–H and O–H groups in total. The molecule has 0 unspecified atom stereocenters. The maximum atomic E-state index is 12.5. The predicted octanol–water partition coefficient (Wildman–Crippen LogP) is 4.53. The van der Waals surface area contributed by atoms with Crippen LogP contribution in [0.4, 0.5) is 0 Å². The molecule has 6 heteroatoms. The Morgan fingerprint density at radius 3 is 2.71 bits per heavy atom. The second-order valence-electron chi connectivity index (χ2n) is 5.15. The first kappa shape index (κ1) is 16.6. The Hall–Kier alpha value is -2.30. The summed E-state index contributed by atoms with van der Waals surface area (Å²) in [7, 11) is 1.50. The van der Waals surface area contributed by atoms with E-state index in [2.05, 4.69) is 0 Å². The van der Waals surface area contributed by atoms with Crippen molar-refractivity contribution in [3.8, 4) is 5.75 Å². The molecule has 0 saturated heterocycles. The van der Waals surface area contributed by atoms with Gasteiger partial charge in [-0.05, 0) is 24.3 Å². The van der Waals surface area contributed by atoms with Crippen molar-refractivity contribution in [2.75, 3.05) is 7.11 Å². The van der Waals surface area contributed by atoms with Crippen LogP contribution in [0.5, 0.6) is 5.75 Å². The molecular weight excluding hydrogens is 351 g/mol. The van der Waals surface area contributed by atoms with Crippen molar-refractivity contribution in [1.82, 2.24) is 0 Å². The van der Waals surface area contributed by atoms with Crippen LogP contribution in [0.3, 0.4) is 0 Å². The predicted molar refractivity (Wildman–Crippen MR) is 93.5 cm³/mol. The van der Waals surface area contributed by atoms with Gasteiger partial charge in [-0.25, -0.2) is 0 Å². The molecule has 4 nitrogen and oxygen atoms in total. The molecule has 122 valence electrons. The summed E-state index contributed by atoms with van der Waals surface area (Å²) >= 11 is 12.0. The number of Topliss-reactive ketones (excluding diaryl/α,β-unsaturated/α-hetero) is 1. The fourth-order valence-corrected chi connectivity index (χ4v) is 2.78. The molecule has 24 heavy (non-hydrogen) atoms. The van der Waals surface area contributed by atoms with Gasteiger partial charge in [0.15, 0.2) is 16.8 Å². The zero-order valence-corrected chi connectivity index (χ0v) is 14.1. The number of fused-ring (bicyclic) bond motifs is 1. The highest BCUT2D eigenvalue weighted by Crippen LogP contribution is 2.26. The lowest BCUT2D eigenvalue weighted by atomic mass is 10.1. The Balaban J connectivity index is 2.01. The molecular formula is C18H12Cl2O4. The first-order valence-corrected chi connectivity index (χ1v) is 7.83. The summed E-state index contributed by atoms with van der Waals surface area (Å²) in [5, 5.41) is 1.12. The average molecular weight is 363 g/mol. The molecule has 0 aliphatic rings. The number of ether oxygens (including phenoxy) is 1. The number of benzene rings is 2. The largest absolute Gasteiger partial charge is 0.496 e. The molecule has 0 atom stereocenters. The maximum Gasteiger partial charge on any atom is 0.202 e. The molecule has 1 aromatic heterocycles. The molecule has 0 aliphatic carbocycles. The topological polar surface area (TPSA) is 56.5 Å². The second kappa shape index (κ2) is 6.67. The minimum absolute atomic E-state index is 0.0131. The van der Waals surface area contributed by atoms with Gasteiger partial charge in [0, 0.05) is 23.1 Å². The number of carbonyl (C=O) groups is 1. The standard InChI is InChI=1S/C18H12Cl2O4/c1-23-16-8-11(19)6-5-10(16)7-15(22)17-9-14(21)12-3-2-4-13(20)18(12)24-17/h2-6,8-9H,7H2,1H3. The van der Waals surface area contributed by atoms with E-state index >= 15 is 0 Å². The minimum atomic E-state index is -0.352. The summed E-state index contributed by atoms with van der Waals surface area (Å²) in [6.45, 7) is 0. The van der Waals surface area contributed by atoms with Gasteiger partial charge in [-0.15, -0.1) is 0 Å². The van der Waals surface area contributed by atoms with Crippen LogP contribution in [0.1, 0.15) is 16.1 Å². The van der Waals surface area contributed by atoms with Crippen molar-refractivity contribution in [1.29, 1.82) is 0 Å². The first-order chi connectivity index (χ1) is 11.5. The van der Waals surface area contributed by atoms with E-state index in [9.17, 15) is 9.59 Å². The third-order valence-corrected chi connectivity index (χ3v) is 4.11. The van der Waals surface area contributed by atoms with Crippen LogP contribution >= 0.6 is 23.2 Å². The third-order valence-electron chi connectivity index (χ3n) is 3.58. The minimum Gasteiger partial charge on any atom is -0.496 e. The fraction of sp³-hybridized carbons (Fsp3) is 0.111. The number of halogens is 2. The van der Waals surface area contributed by atoms with Gasteiger partial charge in [0.2, 0.25) is 5.78 Å². The van der Waals surface area contributed by atoms with Crippen molar-refractivity contribution in [3.63, 3.8) is 0 Å². The summed E-state index contributed by atoms with van der Waals surface area (Å²) in [4.78, 5) is 24.7. The number of para-hydroxylation sites is 1. The smallest absolute Gasteiger partial charge is 0.202 e. The lowest BCUT2D eigenvalue weighted by molar-refractivity contribution is 0.0966. The highest BCUT2D eigenvalue weighted by Gasteiger charge is 2.16. The maximum absolute atomic E-state index is 12.5. The van der Waals surface area contributed by atoms with E-state index < -0.39 is 0 Å². The van der Waals surface area contributed by atoms with Crippen molar-refractivity contribution in [3.05, 3.63) is 74.1 Å². The van der Waals surface area contributed by atoms with E-state index in [1.165, 1.54) is 13.2 Å². The summed E-state index contributed by atoms with van der Waals surface area (Å²) in [5.41, 5.74) is 0.539. The van der Waals surface area contributed by atoms with Crippen molar-refractivity contribution in [2.45, 2.75) is 6.42 Å². The number of hydrogen-bond acceptors (Lipinski definition) is 4. The van der Waals surface area contributed by atoms with Crippen LogP contribution in [-0.4, -0.2) is 12.9 Å². The van der Waals surface area contributed by atoms with Crippen LogP contribution in [0.15, 0.2) is 51.7 Å². The number of carbonyl (C=O) groups excluding carboxylic acids is 1. The van der Waals surface area contributed by atoms with Crippen LogP contribution in [-0.2, 0) is 6.42 Å². The van der Waals surface area contributed by atoms with Gasteiger partial charge in [-0.1, -0.05) is 35.3 Å². The van der Waals surface area contributed by atoms with Crippen LogP contribution < -0.4 is 10.2 Å². The molecule has 3 aromatic rings. The molecule has 0 amide bonds. The van der Waals surface area contributed by atoms with Gasteiger partial charge in [-0.2, -0.15) is 0 Å². The Morgan fingerprint density at radius 2 is 1.96 bits per heavy atom. The zero-order valence-electron chi connectivity index (χ0n) is 12.6. The Morgan fingerprint density at radius 1 is 1.17 bits per heavy atom. The average Bonchev–Trinajstić information content (AvgIpc) is 2.57. The molecule has 0 aliphatic heterocycles. The van der Waals surface area contributed by atoms with Crippen molar-refractivity contribution in [2.24, 2.45) is 0 Å².